The van der Waals surface area contributed by atoms with Crippen LogP contribution in [0.1, 0.15) is 55.3 Å². The summed E-state index contributed by atoms with van der Waals surface area (Å²) in [5, 5.41) is 6.10. The van der Waals surface area contributed by atoms with Gasteiger partial charge in [0, 0.05) is 62.5 Å². The van der Waals surface area contributed by atoms with E-state index in [1.165, 1.54) is 23.5 Å². The quantitative estimate of drug-likeness (QED) is 0.699. The number of nitrogens with zero attached hydrogens (tertiary/aromatic N) is 2. The first-order valence-electron chi connectivity index (χ1n) is 10.5. The molecule has 1 aromatic rings. The van der Waals surface area contributed by atoms with Crippen molar-refractivity contribution in [3.8, 4) is 0 Å². The second-order valence-corrected chi connectivity index (χ2v) is 8.65. The van der Waals surface area contributed by atoms with Gasteiger partial charge >= 0.3 is 0 Å². The van der Waals surface area contributed by atoms with Crippen LogP contribution in [0.2, 0.25) is 0 Å². The second kappa shape index (κ2) is 8.07. The Morgan fingerprint density at radius 2 is 1.86 bits per heavy atom. The van der Waals surface area contributed by atoms with Gasteiger partial charge in [-0.15, -0.1) is 0 Å². The van der Waals surface area contributed by atoms with Gasteiger partial charge in [0.2, 0.25) is 5.91 Å². The van der Waals surface area contributed by atoms with Crippen molar-refractivity contribution in [2.75, 3.05) is 13.1 Å². The molecule has 1 aliphatic heterocycles. The molecular formula is C21H30N4O3. The standard InChI is InChI=1S/C21H30N4O3/c1-24-9-8-15(10-20(24)27)21(28)22-12-18-7-6-17(25(18)13-14-2-3-14)11-19(26)23-16-4-5-16/h8-10,14,16-18H,2-7,11-13H2,1H3,(H,22,28)(H,23,26)/t17-,18+/m1/s1. The molecule has 3 aliphatic rings. The van der Waals surface area contributed by atoms with Gasteiger partial charge in [-0.25, -0.2) is 0 Å². The highest BCUT2D eigenvalue weighted by Crippen LogP contribution is 2.35. The van der Waals surface area contributed by atoms with Crippen molar-refractivity contribution < 1.29 is 9.59 Å². The van der Waals surface area contributed by atoms with E-state index < -0.39 is 0 Å². The first kappa shape index (κ1) is 19.2. The van der Waals surface area contributed by atoms with Crippen LogP contribution in [-0.2, 0) is 11.8 Å². The van der Waals surface area contributed by atoms with Crippen LogP contribution in [0.3, 0.4) is 0 Å². The first-order valence-corrected chi connectivity index (χ1v) is 10.5. The Balaban J connectivity index is 1.34. The largest absolute Gasteiger partial charge is 0.353 e. The molecule has 152 valence electrons. The number of hydrogen-bond donors (Lipinski definition) is 2. The van der Waals surface area contributed by atoms with Crippen molar-refractivity contribution in [2.24, 2.45) is 13.0 Å². The molecule has 28 heavy (non-hydrogen) atoms. The van der Waals surface area contributed by atoms with Crippen LogP contribution in [0.5, 0.6) is 0 Å². The third kappa shape index (κ3) is 4.82. The third-order valence-electron chi connectivity index (χ3n) is 6.17. The van der Waals surface area contributed by atoms with Crippen molar-refractivity contribution in [3.63, 3.8) is 0 Å². The van der Waals surface area contributed by atoms with Gasteiger partial charge in [0.25, 0.3) is 11.5 Å². The lowest BCUT2D eigenvalue weighted by molar-refractivity contribution is -0.122. The molecule has 7 nitrogen and oxygen atoms in total. The number of likely N-dealkylation sites (tertiary alicyclic amines) is 1. The Bertz CT molecular complexity index is 797. The monoisotopic (exact) mass is 386 g/mol. The van der Waals surface area contributed by atoms with Gasteiger partial charge in [-0.1, -0.05) is 0 Å². The fourth-order valence-electron chi connectivity index (χ4n) is 4.08. The van der Waals surface area contributed by atoms with E-state index in [9.17, 15) is 14.4 Å². The predicted molar refractivity (Wildman–Crippen MR) is 106 cm³/mol. The van der Waals surface area contributed by atoms with Gasteiger partial charge in [0.1, 0.15) is 0 Å². The average Bonchev–Trinajstić information content (AvgIpc) is 3.58. The second-order valence-electron chi connectivity index (χ2n) is 8.65. The Morgan fingerprint density at radius 1 is 1.11 bits per heavy atom. The summed E-state index contributed by atoms with van der Waals surface area (Å²) in [4.78, 5) is 38.9. The summed E-state index contributed by atoms with van der Waals surface area (Å²) in [6, 6.07) is 3.97. The van der Waals surface area contributed by atoms with E-state index in [2.05, 4.69) is 15.5 Å². The van der Waals surface area contributed by atoms with Crippen LogP contribution in [0.4, 0.5) is 0 Å². The highest BCUT2D eigenvalue weighted by Gasteiger charge is 2.38. The SMILES string of the molecule is Cn1ccc(C(=O)NC[C@@H]2CC[C@H](CC(=O)NC3CC3)N2CC2CC2)cc1=O. The number of hydrogen-bond acceptors (Lipinski definition) is 4. The van der Waals surface area contributed by atoms with Gasteiger partial charge in [0.15, 0.2) is 0 Å². The van der Waals surface area contributed by atoms with Gasteiger partial charge in [-0.3, -0.25) is 19.3 Å². The fourth-order valence-corrected chi connectivity index (χ4v) is 4.08. The molecule has 2 aliphatic carbocycles. The maximum atomic E-state index is 12.5. The van der Waals surface area contributed by atoms with Crippen LogP contribution in [0, 0.1) is 5.92 Å². The summed E-state index contributed by atoms with van der Waals surface area (Å²) < 4.78 is 1.45. The molecule has 0 aromatic carbocycles. The van der Waals surface area contributed by atoms with E-state index in [-0.39, 0.29) is 29.5 Å². The summed E-state index contributed by atoms with van der Waals surface area (Å²) in [6.45, 7) is 1.58. The molecule has 0 unspecified atom stereocenters. The lowest BCUT2D eigenvalue weighted by Gasteiger charge is -2.30. The smallest absolute Gasteiger partial charge is 0.251 e. The summed E-state index contributed by atoms with van der Waals surface area (Å²) in [5.41, 5.74) is 0.209. The number of nitrogens with one attached hydrogen (secondary N) is 2. The zero-order valence-corrected chi connectivity index (χ0v) is 16.5. The van der Waals surface area contributed by atoms with Crippen molar-refractivity contribution >= 4 is 11.8 Å². The Kier molecular flexibility index (Phi) is 5.53. The molecule has 1 aromatic heterocycles. The molecule has 3 fully saturated rings. The van der Waals surface area contributed by atoms with E-state index in [1.807, 2.05) is 0 Å². The Hall–Kier alpha value is -2.15. The summed E-state index contributed by atoms with van der Waals surface area (Å²) >= 11 is 0. The van der Waals surface area contributed by atoms with Crippen LogP contribution in [-0.4, -0.2) is 52.5 Å². The number of aryl methyl sites for hydroxylation is 1. The molecule has 2 atom stereocenters. The van der Waals surface area contributed by atoms with Crippen LogP contribution < -0.4 is 16.2 Å². The molecule has 2 heterocycles. The van der Waals surface area contributed by atoms with Crippen LogP contribution in [0.25, 0.3) is 0 Å². The predicted octanol–water partition coefficient (Wildman–Crippen LogP) is 1.03. The summed E-state index contributed by atoms with van der Waals surface area (Å²) in [7, 11) is 1.66. The molecule has 2 N–H and O–H groups in total. The molecule has 2 saturated carbocycles. The summed E-state index contributed by atoms with van der Waals surface area (Å²) in [5.74, 6) is 0.694. The minimum absolute atomic E-state index is 0.165. The van der Waals surface area contributed by atoms with Crippen molar-refractivity contribution in [1.29, 1.82) is 0 Å². The number of amides is 2. The minimum Gasteiger partial charge on any atom is -0.353 e. The zero-order chi connectivity index (χ0) is 19.7. The number of carbonyl (C=O) groups is 2. The normalized spacial score (nSPS) is 24.9. The number of carbonyl (C=O) groups excluding carboxylic acids is 2. The van der Waals surface area contributed by atoms with Crippen LogP contribution in [0.15, 0.2) is 23.1 Å². The van der Waals surface area contributed by atoms with E-state index in [1.54, 1.807) is 19.3 Å². The molecular weight excluding hydrogens is 356 g/mol. The van der Waals surface area contributed by atoms with Gasteiger partial charge < -0.3 is 15.2 Å². The van der Waals surface area contributed by atoms with E-state index >= 15 is 0 Å². The lowest BCUT2D eigenvalue weighted by atomic mass is 10.1. The van der Waals surface area contributed by atoms with E-state index in [4.69, 9.17) is 0 Å². The van der Waals surface area contributed by atoms with Gasteiger partial charge in [-0.05, 0) is 50.5 Å². The molecule has 7 heteroatoms. The fraction of sp³-hybridized carbons (Fsp3) is 0.667. The van der Waals surface area contributed by atoms with E-state index in [0.29, 0.717) is 24.6 Å². The number of aromatic nitrogens is 1. The van der Waals surface area contributed by atoms with E-state index in [0.717, 1.165) is 38.1 Å². The number of rotatable bonds is 8. The molecule has 4 rings (SSSR count). The van der Waals surface area contributed by atoms with Crippen LogP contribution >= 0.6 is 0 Å². The Morgan fingerprint density at radius 3 is 2.54 bits per heavy atom. The minimum atomic E-state index is -0.209. The topological polar surface area (TPSA) is 83.4 Å². The van der Waals surface area contributed by atoms with Crippen molar-refractivity contribution in [2.45, 2.75) is 63.1 Å². The third-order valence-corrected chi connectivity index (χ3v) is 6.17. The molecule has 0 bridgehead atoms. The maximum Gasteiger partial charge on any atom is 0.251 e. The first-order chi connectivity index (χ1) is 13.5. The molecule has 1 saturated heterocycles. The highest BCUT2D eigenvalue weighted by atomic mass is 16.2. The van der Waals surface area contributed by atoms with Gasteiger partial charge in [0.05, 0.1) is 0 Å². The molecule has 0 radical (unpaired) electrons. The molecule has 2 amide bonds. The Labute approximate surface area is 165 Å². The van der Waals surface area contributed by atoms with Crippen molar-refractivity contribution in [3.05, 3.63) is 34.2 Å². The van der Waals surface area contributed by atoms with Crippen molar-refractivity contribution in [1.82, 2.24) is 20.1 Å². The molecule has 0 spiro atoms. The number of pyridine rings is 1. The summed E-state index contributed by atoms with van der Waals surface area (Å²) in [6.07, 6.45) is 8.91. The highest BCUT2D eigenvalue weighted by molar-refractivity contribution is 5.94. The lowest BCUT2D eigenvalue weighted by Crippen LogP contribution is -2.45. The maximum absolute atomic E-state index is 12.5. The van der Waals surface area contributed by atoms with Gasteiger partial charge in [-0.2, -0.15) is 0 Å². The zero-order valence-electron chi connectivity index (χ0n) is 16.5. The average molecular weight is 386 g/mol.